The van der Waals surface area contributed by atoms with Crippen molar-refractivity contribution in [3.63, 3.8) is 0 Å². The number of benzene rings is 1. The number of amides is 1. The average molecular weight is 241 g/mol. The summed E-state index contributed by atoms with van der Waals surface area (Å²) in [4.78, 5) is 19.0. The fraction of sp³-hybridized carbons (Fsp3) is 0.286. The van der Waals surface area contributed by atoms with Crippen LogP contribution in [0.15, 0.2) is 42.7 Å². The van der Waals surface area contributed by atoms with Gasteiger partial charge in [0.2, 0.25) is 5.91 Å². The molecule has 0 spiro atoms. The number of imidazole rings is 1. The molecule has 1 saturated carbocycles. The van der Waals surface area contributed by atoms with Gasteiger partial charge in [0.05, 0.1) is 6.54 Å². The minimum atomic E-state index is 0.125. The summed E-state index contributed by atoms with van der Waals surface area (Å²) in [6.07, 6.45) is 4.39. The average Bonchev–Trinajstić information content (AvgIpc) is 3.05. The van der Waals surface area contributed by atoms with Crippen LogP contribution in [0.2, 0.25) is 0 Å². The van der Waals surface area contributed by atoms with Crippen LogP contribution in [0, 0.1) is 5.92 Å². The van der Waals surface area contributed by atoms with E-state index in [1.54, 1.807) is 12.4 Å². The quantitative estimate of drug-likeness (QED) is 0.858. The van der Waals surface area contributed by atoms with Crippen LogP contribution in [-0.2, 0) is 11.3 Å². The molecule has 2 atom stereocenters. The molecule has 1 aromatic carbocycles. The van der Waals surface area contributed by atoms with Crippen molar-refractivity contribution in [1.82, 2.24) is 15.3 Å². The minimum Gasteiger partial charge on any atom is -0.349 e. The SMILES string of the molecule is O=C(NCc1ncc[nH]1)C1CC1c1ccccc1. The van der Waals surface area contributed by atoms with Crippen molar-refractivity contribution < 1.29 is 4.79 Å². The number of hydrogen-bond donors (Lipinski definition) is 2. The molecule has 18 heavy (non-hydrogen) atoms. The largest absolute Gasteiger partial charge is 0.349 e. The van der Waals surface area contributed by atoms with Gasteiger partial charge in [-0.25, -0.2) is 4.98 Å². The number of aromatic nitrogens is 2. The van der Waals surface area contributed by atoms with Crippen LogP contribution in [0.25, 0.3) is 0 Å². The van der Waals surface area contributed by atoms with Crippen molar-refractivity contribution in [1.29, 1.82) is 0 Å². The lowest BCUT2D eigenvalue weighted by Gasteiger charge is -2.03. The Balaban J connectivity index is 1.53. The molecule has 1 aromatic heterocycles. The minimum absolute atomic E-state index is 0.125. The first-order valence-electron chi connectivity index (χ1n) is 6.15. The third kappa shape index (κ3) is 2.27. The molecule has 4 heteroatoms. The molecule has 2 aromatic rings. The van der Waals surface area contributed by atoms with Gasteiger partial charge in [-0.05, 0) is 17.9 Å². The third-order valence-electron chi connectivity index (χ3n) is 3.34. The number of aromatic amines is 1. The first-order valence-corrected chi connectivity index (χ1v) is 6.15. The molecule has 1 amide bonds. The summed E-state index contributed by atoms with van der Waals surface area (Å²) in [5, 5.41) is 2.91. The molecular formula is C14H15N3O. The maximum absolute atomic E-state index is 11.9. The van der Waals surface area contributed by atoms with Gasteiger partial charge in [-0.2, -0.15) is 0 Å². The Labute approximate surface area is 105 Å². The number of hydrogen-bond acceptors (Lipinski definition) is 2. The molecule has 0 saturated heterocycles. The molecule has 0 aliphatic heterocycles. The van der Waals surface area contributed by atoms with E-state index in [2.05, 4.69) is 27.4 Å². The summed E-state index contributed by atoms with van der Waals surface area (Å²) >= 11 is 0. The van der Waals surface area contributed by atoms with E-state index in [0.717, 1.165) is 12.2 Å². The van der Waals surface area contributed by atoms with Gasteiger partial charge in [0, 0.05) is 18.3 Å². The van der Waals surface area contributed by atoms with Crippen LogP contribution < -0.4 is 5.32 Å². The Bertz CT molecular complexity index is 521. The molecule has 4 nitrogen and oxygen atoms in total. The number of carbonyl (C=O) groups excluding carboxylic acids is 1. The summed E-state index contributed by atoms with van der Waals surface area (Å²) in [5.74, 6) is 1.44. The van der Waals surface area contributed by atoms with Crippen LogP contribution >= 0.6 is 0 Å². The second-order valence-electron chi connectivity index (χ2n) is 4.61. The van der Waals surface area contributed by atoms with Crippen molar-refractivity contribution >= 4 is 5.91 Å². The van der Waals surface area contributed by atoms with Crippen LogP contribution in [-0.4, -0.2) is 15.9 Å². The highest BCUT2D eigenvalue weighted by Gasteiger charge is 2.43. The zero-order chi connectivity index (χ0) is 12.4. The Morgan fingerprint density at radius 1 is 1.39 bits per heavy atom. The van der Waals surface area contributed by atoms with Gasteiger partial charge < -0.3 is 10.3 Å². The number of nitrogens with one attached hydrogen (secondary N) is 2. The standard InChI is InChI=1S/C14H15N3O/c18-14(17-9-13-15-6-7-16-13)12-8-11(12)10-4-2-1-3-5-10/h1-7,11-12H,8-9H2,(H,15,16)(H,17,18). The van der Waals surface area contributed by atoms with E-state index in [4.69, 9.17) is 0 Å². The molecule has 2 N–H and O–H groups in total. The van der Waals surface area contributed by atoms with Crippen molar-refractivity contribution in [2.24, 2.45) is 5.92 Å². The summed E-state index contributed by atoms with van der Waals surface area (Å²) < 4.78 is 0. The van der Waals surface area contributed by atoms with Gasteiger partial charge in [-0.15, -0.1) is 0 Å². The van der Waals surface area contributed by atoms with Crippen LogP contribution in [0.4, 0.5) is 0 Å². The van der Waals surface area contributed by atoms with Gasteiger partial charge in [0.25, 0.3) is 0 Å². The lowest BCUT2D eigenvalue weighted by atomic mass is 10.1. The summed E-state index contributed by atoms with van der Waals surface area (Å²) in [6.45, 7) is 0.476. The Morgan fingerprint density at radius 2 is 2.22 bits per heavy atom. The molecule has 1 heterocycles. The molecular weight excluding hydrogens is 226 g/mol. The zero-order valence-corrected chi connectivity index (χ0v) is 9.97. The fourth-order valence-electron chi connectivity index (χ4n) is 2.25. The summed E-state index contributed by atoms with van der Waals surface area (Å²) in [7, 11) is 0. The Hall–Kier alpha value is -2.10. The molecule has 0 radical (unpaired) electrons. The molecule has 1 aliphatic rings. The summed E-state index contributed by atoms with van der Waals surface area (Å²) in [6, 6.07) is 10.2. The highest BCUT2D eigenvalue weighted by atomic mass is 16.2. The van der Waals surface area contributed by atoms with Crippen LogP contribution in [0.3, 0.4) is 0 Å². The normalized spacial score (nSPS) is 21.6. The van der Waals surface area contributed by atoms with Crippen molar-refractivity contribution in [3.05, 3.63) is 54.1 Å². The van der Waals surface area contributed by atoms with E-state index in [0.29, 0.717) is 12.5 Å². The maximum Gasteiger partial charge on any atom is 0.224 e. The fourth-order valence-corrected chi connectivity index (χ4v) is 2.25. The predicted octanol–water partition coefficient (Wildman–Crippen LogP) is 1.83. The molecule has 2 unspecified atom stereocenters. The van der Waals surface area contributed by atoms with Crippen LogP contribution in [0.1, 0.15) is 23.7 Å². The monoisotopic (exact) mass is 241 g/mol. The van der Waals surface area contributed by atoms with E-state index < -0.39 is 0 Å². The molecule has 3 rings (SSSR count). The Kier molecular flexibility index (Phi) is 2.84. The van der Waals surface area contributed by atoms with Crippen LogP contribution in [0.5, 0.6) is 0 Å². The van der Waals surface area contributed by atoms with E-state index in [1.165, 1.54) is 5.56 Å². The van der Waals surface area contributed by atoms with Gasteiger partial charge in [-0.1, -0.05) is 30.3 Å². The van der Waals surface area contributed by atoms with E-state index in [1.807, 2.05) is 18.2 Å². The molecule has 1 fully saturated rings. The first-order chi connectivity index (χ1) is 8.84. The smallest absolute Gasteiger partial charge is 0.224 e. The molecule has 1 aliphatic carbocycles. The van der Waals surface area contributed by atoms with E-state index in [9.17, 15) is 4.79 Å². The van der Waals surface area contributed by atoms with Gasteiger partial charge in [0.15, 0.2) is 0 Å². The topological polar surface area (TPSA) is 57.8 Å². The van der Waals surface area contributed by atoms with E-state index in [-0.39, 0.29) is 11.8 Å². The van der Waals surface area contributed by atoms with Gasteiger partial charge in [-0.3, -0.25) is 4.79 Å². The van der Waals surface area contributed by atoms with Gasteiger partial charge in [0.1, 0.15) is 5.82 Å². The number of H-pyrrole nitrogens is 1. The molecule has 92 valence electrons. The first kappa shape index (κ1) is 11.0. The lowest BCUT2D eigenvalue weighted by Crippen LogP contribution is -2.25. The van der Waals surface area contributed by atoms with Crippen molar-refractivity contribution in [3.8, 4) is 0 Å². The van der Waals surface area contributed by atoms with Crippen molar-refractivity contribution in [2.75, 3.05) is 0 Å². The second-order valence-corrected chi connectivity index (χ2v) is 4.61. The van der Waals surface area contributed by atoms with E-state index >= 15 is 0 Å². The number of rotatable bonds is 4. The maximum atomic E-state index is 11.9. The number of carbonyl (C=O) groups is 1. The molecule has 0 bridgehead atoms. The summed E-state index contributed by atoms with van der Waals surface area (Å²) in [5.41, 5.74) is 1.26. The zero-order valence-electron chi connectivity index (χ0n) is 9.97. The third-order valence-corrected chi connectivity index (χ3v) is 3.34. The lowest BCUT2D eigenvalue weighted by molar-refractivity contribution is -0.122. The number of nitrogens with zero attached hydrogens (tertiary/aromatic N) is 1. The second kappa shape index (κ2) is 4.64. The Morgan fingerprint density at radius 3 is 2.94 bits per heavy atom. The highest BCUT2D eigenvalue weighted by molar-refractivity contribution is 5.82. The predicted molar refractivity (Wildman–Crippen MR) is 67.7 cm³/mol. The highest BCUT2D eigenvalue weighted by Crippen LogP contribution is 2.47. The van der Waals surface area contributed by atoms with Gasteiger partial charge >= 0.3 is 0 Å². The van der Waals surface area contributed by atoms with Crippen molar-refractivity contribution in [2.45, 2.75) is 18.9 Å².